The van der Waals surface area contributed by atoms with Crippen LogP contribution in [0.3, 0.4) is 0 Å². The number of ether oxygens (including phenoxy) is 1. The molecular weight excluding hydrogens is 471 g/mol. The molecule has 160 valence electrons. The number of hydrogen-bond acceptors (Lipinski definition) is 6. The predicted octanol–water partition coefficient (Wildman–Crippen LogP) is 3.95. The molecule has 30 heavy (non-hydrogen) atoms. The van der Waals surface area contributed by atoms with Gasteiger partial charge in [0.1, 0.15) is 11.9 Å². The van der Waals surface area contributed by atoms with Crippen molar-refractivity contribution < 1.29 is 32.6 Å². The van der Waals surface area contributed by atoms with Gasteiger partial charge in [-0.05, 0) is 23.8 Å². The van der Waals surface area contributed by atoms with Gasteiger partial charge in [-0.2, -0.15) is 13.2 Å². The van der Waals surface area contributed by atoms with Crippen LogP contribution in [0, 0.1) is 0 Å². The molecule has 2 aromatic rings. The Balaban J connectivity index is 0.000000318. The number of halogens is 4. The Morgan fingerprint density at radius 2 is 1.93 bits per heavy atom. The SMILES string of the molecule is CN1OC2(CC(c3ccccc3)Oc3ccc(Br)cc32)N=C1N.O=C(O)C(F)(F)F. The van der Waals surface area contributed by atoms with Gasteiger partial charge in [0.05, 0.1) is 5.56 Å². The second kappa shape index (κ2) is 8.15. The number of aliphatic carboxylic acids is 1. The average molecular weight is 488 g/mol. The quantitative estimate of drug-likeness (QED) is 0.631. The minimum atomic E-state index is -5.08. The first-order valence-corrected chi connectivity index (χ1v) is 9.41. The predicted molar refractivity (Wildman–Crippen MR) is 104 cm³/mol. The second-order valence-electron chi connectivity index (χ2n) is 6.51. The Morgan fingerprint density at radius 3 is 2.47 bits per heavy atom. The number of benzene rings is 2. The smallest absolute Gasteiger partial charge is 0.485 e. The molecule has 2 aliphatic heterocycles. The number of alkyl halides is 3. The molecule has 7 nitrogen and oxygen atoms in total. The van der Waals surface area contributed by atoms with Crippen molar-refractivity contribution in [3.8, 4) is 5.75 Å². The molecule has 0 aliphatic carbocycles. The summed E-state index contributed by atoms with van der Waals surface area (Å²) in [5.41, 5.74) is 7.08. The Bertz CT molecular complexity index is 971. The van der Waals surface area contributed by atoms with Crippen molar-refractivity contribution in [2.45, 2.75) is 24.4 Å². The summed E-state index contributed by atoms with van der Waals surface area (Å²) in [6.07, 6.45) is -4.67. The van der Waals surface area contributed by atoms with E-state index in [1.165, 1.54) is 5.06 Å². The van der Waals surface area contributed by atoms with E-state index in [9.17, 15) is 13.2 Å². The van der Waals surface area contributed by atoms with Crippen LogP contribution in [0.1, 0.15) is 23.7 Å². The van der Waals surface area contributed by atoms with E-state index in [0.29, 0.717) is 12.4 Å². The van der Waals surface area contributed by atoms with Crippen LogP contribution in [-0.4, -0.2) is 35.3 Å². The molecule has 0 saturated heterocycles. The van der Waals surface area contributed by atoms with Crippen molar-refractivity contribution in [1.82, 2.24) is 5.06 Å². The maximum absolute atomic E-state index is 10.6. The van der Waals surface area contributed by atoms with Gasteiger partial charge < -0.3 is 15.6 Å². The van der Waals surface area contributed by atoms with Crippen molar-refractivity contribution in [3.05, 3.63) is 64.1 Å². The molecule has 0 saturated carbocycles. The van der Waals surface area contributed by atoms with Gasteiger partial charge in [0.2, 0.25) is 11.7 Å². The molecule has 0 amide bonds. The van der Waals surface area contributed by atoms with Crippen molar-refractivity contribution in [1.29, 1.82) is 0 Å². The van der Waals surface area contributed by atoms with E-state index in [-0.39, 0.29) is 6.10 Å². The highest BCUT2D eigenvalue weighted by Crippen LogP contribution is 2.50. The third-order valence-corrected chi connectivity index (χ3v) is 4.91. The monoisotopic (exact) mass is 487 g/mol. The van der Waals surface area contributed by atoms with E-state index in [0.717, 1.165) is 21.3 Å². The largest absolute Gasteiger partial charge is 0.490 e. The van der Waals surface area contributed by atoms with Crippen LogP contribution in [-0.2, 0) is 15.4 Å². The van der Waals surface area contributed by atoms with E-state index in [2.05, 4.69) is 20.9 Å². The Kier molecular flexibility index (Phi) is 5.95. The number of carboxylic acid groups (broad SMARTS) is 1. The first kappa shape index (κ1) is 21.9. The summed E-state index contributed by atoms with van der Waals surface area (Å²) >= 11 is 3.51. The van der Waals surface area contributed by atoms with Crippen LogP contribution in [0.5, 0.6) is 5.75 Å². The molecular formula is C19H17BrF3N3O4. The lowest BCUT2D eigenvalue weighted by Crippen LogP contribution is -2.36. The molecule has 4 rings (SSSR count). The minimum absolute atomic E-state index is 0.145. The number of carboxylic acids is 1. The fourth-order valence-electron chi connectivity index (χ4n) is 3.06. The third kappa shape index (κ3) is 4.51. The van der Waals surface area contributed by atoms with Gasteiger partial charge in [0, 0.05) is 17.9 Å². The number of fused-ring (bicyclic) bond motifs is 2. The molecule has 0 radical (unpaired) electrons. The number of aliphatic imine (C=N–C) groups is 1. The van der Waals surface area contributed by atoms with Crippen molar-refractivity contribution in [2.24, 2.45) is 10.7 Å². The van der Waals surface area contributed by atoms with Crippen molar-refractivity contribution in [2.75, 3.05) is 7.05 Å². The average Bonchev–Trinajstić information content (AvgIpc) is 2.96. The van der Waals surface area contributed by atoms with E-state index in [4.69, 9.17) is 25.2 Å². The first-order valence-electron chi connectivity index (χ1n) is 8.62. The number of nitrogens with zero attached hydrogens (tertiary/aromatic N) is 2. The lowest BCUT2D eigenvalue weighted by molar-refractivity contribution is -0.192. The van der Waals surface area contributed by atoms with Crippen LogP contribution in [0.4, 0.5) is 13.2 Å². The minimum Gasteiger partial charge on any atom is -0.485 e. The van der Waals surface area contributed by atoms with E-state index in [1.54, 1.807) is 7.05 Å². The molecule has 1 spiro atoms. The van der Waals surface area contributed by atoms with E-state index >= 15 is 0 Å². The molecule has 2 aliphatic rings. The summed E-state index contributed by atoms with van der Waals surface area (Å²) in [4.78, 5) is 19.6. The number of rotatable bonds is 1. The van der Waals surface area contributed by atoms with Gasteiger partial charge in [-0.3, -0.25) is 0 Å². The first-order chi connectivity index (χ1) is 14.0. The summed E-state index contributed by atoms with van der Waals surface area (Å²) < 4.78 is 38.9. The van der Waals surface area contributed by atoms with Crippen LogP contribution >= 0.6 is 15.9 Å². The van der Waals surface area contributed by atoms with Gasteiger partial charge in [0.15, 0.2) is 0 Å². The number of hydroxylamine groups is 2. The normalized spacial score (nSPS) is 22.5. The van der Waals surface area contributed by atoms with Gasteiger partial charge in [-0.25, -0.2) is 19.7 Å². The summed E-state index contributed by atoms with van der Waals surface area (Å²) in [5.74, 6) is -1.63. The summed E-state index contributed by atoms with van der Waals surface area (Å²) in [6, 6.07) is 16.0. The zero-order valence-electron chi connectivity index (χ0n) is 15.6. The molecule has 0 aromatic heterocycles. The van der Waals surface area contributed by atoms with Crippen molar-refractivity contribution in [3.63, 3.8) is 0 Å². The van der Waals surface area contributed by atoms with Gasteiger partial charge in [-0.15, -0.1) is 0 Å². The molecule has 2 aromatic carbocycles. The van der Waals surface area contributed by atoms with Crippen LogP contribution in [0.2, 0.25) is 0 Å². The second-order valence-corrected chi connectivity index (χ2v) is 7.42. The van der Waals surface area contributed by atoms with Gasteiger partial charge in [-0.1, -0.05) is 46.3 Å². The lowest BCUT2D eigenvalue weighted by atomic mass is 9.90. The number of nitrogens with two attached hydrogens (primary N) is 1. The van der Waals surface area contributed by atoms with Crippen molar-refractivity contribution >= 4 is 27.9 Å². The Morgan fingerprint density at radius 1 is 1.30 bits per heavy atom. The van der Waals surface area contributed by atoms with Crippen LogP contribution in [0.15, 0.2) is 58.0 Å². The maximum atomic E-state index is 10.6. The number of carbonyl (C=O) groups is 1. The highest BCUT2D eigenvalue weighted by molar-refractivity contribution is 9.10. The number of guanidine groups is 1. The lowest BCUT2D eigenvalue weighted by Gasteiger charge is -2.37. The summed E-state index contributed by atoms with van der Waals surface area (Å²) in [5, 5.41) is 8.64. The van der Waals surface area contributed by atoms with Gasteiger partial charge >= 0.3 is 12.1 Å². The molecule has 0 fully saturated rings. The fourth-order valence-corrected chi connectivity index (χ4v) is 3.42. The van der Waals surface area contributed by atoms with Crippen LogP contribution in [0.25, 0.3) is 0 Å². The zero-order valence-corrected chi connectivity index (χ0v) is 17.1. The number of hydrogen-bond donors (Lipinski definition) is 2. The standard InChI is InChI=1S/C17H16BrN3O2.C2HF3O2/c1-21-16(19)20-17(23-21)10-15(11-5-3-2-4-6-11)22-14-8-7-12(18)9-13(14)17;3-2(4,5)1(6)7/h2-9,15H,10H2,1H3,(H2,19,20);(H,6,7). The van der Waals surface area contributed by atoms with E-state index in [1.807, 2.05) is 48.5 Å². The molecule has 2 heterocycles. The fraction of sp³-hybridized carbons (Fsp3) is 0.263. The molecule has 11 heteroatoms. The topological polar surface area (TPSA) is 97.4 Å². The molecule has 2 atom stereocenters. The maximum Gasteiger partial charge on any atom is 0.490 e. The molecule has 2 unspecified atom stereocenters. The third-order valence-electron chi connectivity index (χ3n) is 4.41. The highest BCUT2D eigenvalue weighted by atomic mass is 79.9. The Labute approximate surface area is 178 Å². The Hall–Kier alpha value is -2.79. The summed E-state index contributed by atoms with van der Waals surface area (Å²) in [7, 11) is 1.76. The molecule has 0 bridgehead atoms. The van der Waals surface area contributed by atoms with E-state index < -0.39 is 17.9 Å². The molecule has 3 N–H and O–H groups in total. The highest BCUT2D eigenvalue weighted by Gasteiger charge is 2.48. The van der Waals surface area contributed by atoms with Gasteiger partial charge in [0.25, 0.3) is 0 Å². The van der Waals surface area contributed by atoms with Crippen LogP contribution < -0.4 is 10.5 Å². The zero-order chi connectivity index (χ0) is 22.1. The summed E-state index contributed by atoms with van der Waals surface area (Å²) in [6.45, 7) is 0.